The molecule has 0 aromatic rings. The van der Waals surface area contributed by atoms with Crippen LogP contribution in [0.2, 0.25) is 0 Å². The van der Waals surface area contributed by atoms with Crippen LogP contribution in [-0.4, -0.2) is 50.3 Å². The van der Waals surface area contributed by atoms with Gasteiger partial charge in [-0.2, -0.15) is 0 Å². The summed E-state index contributed by atoms with van der Waals surface area (Å²) in [6, 6.07) is 1.44. The molecule has 0 aromatic heterocycles. The molecule has 2 aliphatic carbocycles. The van der Waals surface area contributed by atoms with Crippen molar-refractivity contribution in [3.8, 4) is 0 Å². The third kappa shape index (κ3) is 5.54. The highest BCUT2D eigenvalue weighted by atomic mass is 16.5. The Bertz CT molecular complexity index is 294. The molecule has 21 heavy (non-hydrogen) atoms. The minimum absolute atomic E-state index is 0.493. The van der Waals surface area contributed by atoms with Crippen molar-refractivity contribution in [2.45, 2.75) is 71.4 Å². The van der Waals surface area contributed by atoms with Gasteiger partial charge in [0.25, 0.3) is 0 Å². The van der Waals surface area contributed by atoms with Gasteiger partial charge >= 0.3 is 0 Å². The molecule has 3 heteroatoms. The summed E-state index contributed by atoms with van der Waals surface area (Å²) in [6.07, 6.45) is 8.39. The molecule has 0 bridgehead atoms. The highest BCUT2D eigenvalue weighted by Gasteiger charge is 2.39. The van der Waals surface area contributed by atoms with Crippen molar-refractivity contribution in [3.05, 3.63) is 0 Å². The molecule has 0 aromatic carbocycles. The van der Waals surface area contributed by atoms with Crippen LogP contribution in [0.1, 0.15) is 59.3 Å². The van der Waals surface area contributed by atoms with Gasteiger partial charge in [0, 0.05) is 38.8 Å². The summed E-state index contributed by atoms with van der Waals surface area (Å²) in [5.41, 5.74) is 0.493. The molecule has 0 radical (unpaired) electrons. The molecule has 2 fully saturated rings. The van der Waals surface area contributed by atoms with Crippen LogP contribution >= 0.6 is 0 Å². The summed E-state index contributed by atoms with van der Waals surface area (Å²) in [4.78, 5) is 2.72. The number of hydrogen-bond acceptors (Lipinski definition) is 3. The fraction of sp³-hybridized carbons (Fsp3) is 1.00. The van der Waals surface area contributed by atoms with E-state index in [1.807, 2.05) is 7.11 Å². The van der Waals surface area contributed by atoms with Crippen LogP contribution in [0.4, 0.5) is 0 Å². The Morgan fingerprint density at radius 3 is 2.38 bits per heavy atom. The molecule has 1 N–H and O–H groups in total. The fourth-order valence-corrected chi connectivity index (χ4v) is 3.66. The van der Waals surface area contributed by atoms with Gasteiger partial charge in [0.05, 0.1) is 6.61 Å². The van der Waals surface area contributed by atoms with Gasteiger partial charge < -0.3 is 10.1 Å². The van der Waals surface area contributed by atoms with Crippen LogP contribution in [0.15, 0.2) is 0 Å². The van der Waals surface area contributed by atoms with Crippen molar-refractivity contribution in [1.29, 1.82) is 0 Å². The highest BCUT2D eigenvalue weighted by Crippen LogP contribution is 2.41. The van der Waals surface area contributed by atoms with E-state index in [4.69, 9.17) is 4.74 Å². The lowest BCUT2D eigenvalue weighted by atomic mass is 9.70. The lowest BCUT2D eigenvalue weighted by Gasteiger charge is -2.43. The Labute approximate surface area is 131 Å². The van der Waals surface area contributed by atoms with Crippen molar-refractivity contribution in [1.82, 2.24) is 10.2 Å². The number of nitrogens with zero attached hydrogens (tertiary/aromatic N) is 1. The zero-order valence-electron chi connectivity index (χ0n) is 14.7. The van der Waals surface area contributed by atoms with E-state index in [1.54, 1.807) is 0 Å². The Morgan fingerprint density at radius 1 is 1.19 bits per heavy atom. The van der Waals surface area contributed by atoms with Crippen LogP contribution in [-0.2, 0) is 4.74 Å². The van der Waals surface area contributed by atoms with Crippen molar-refractivity contribution in [3.63, 3.8) is 0 Å². The van der Waals surface area contributed by atoms with Crippen molar-refractivity contribution in [2.75, 3.05) is 33.4 Å². The van der Waals surface area contributed by atoms with E-state index in [-0.39, 0.29) is 0 Å². The van der Waals surface area contributed by atoms with E-state index in [9.17, 15) is 0 Å². The first-order chi connectivity index (χ1) is 10.0. The number of methoxy groups -OCH3 is 1. The predicted molar refractivity (Wildman–Crippen MR) is 89.7 cm³/mol. The Morgan fingerprint density at radius 2 is 1.86 bits per heavy atom. The fourth-order valence-electron chi connectivity index (χ4n) is 3.66. The van der Waals surface area contributed by atoms with E-state index >= 15 is 0 Å². The van der Waals surface area contributed by atoms with Crippen molar-refractivity contribution in [2.24, 2.45) is 11.3 Å². The Kier molecular flexibility index (Phi) is 6.51. The summed E-state index contributed by atoms with van der Waals surface area (Å²) in [7, 11) is 1.82. The summed E-state index contributed by atoms with van der Waals surface area (Å²) in [5.74, 6) is 0.922. The zero-order chi connectivity index (χ0) is 15.3. The van der Waals surface area contributed by atoms with E-state index in [0.717, 1.165) is 25.1 Å². The monoisotopic (exact) mass is 296 g/mol. The van der Waals surface area contributed by atoms with Gasteiger partial charge in [0.1, 0.15) is 0 Å². The van der Waals surface area contributed by atoms with Crippen LogP contribution in [0.3, 0.4) is 0 Å². The number of nitrogens with one attached hydrogen (secondary N) is 1. The molecule has 2 aliphatic rings. The van der Waals surface area contributed by atoms with E-state index < -0.39 is 0 Å². The van der Waals surface area contributed by atoms with Gasteiger partial charge in [-0.3, -0.25) is 4.90 Å². The maximum absolute atomic E-state index is 5.33. The zero-order valence-corrected chi connectivity index (χ0v) is 14.7. The number of hydrogen-bond donors (Lipinski definition) is 1. The van der Waals surface area contributed by atoms with Crippen LogP contribution in [0.25, 0.3) is 0 Å². The largest absolute Gasteiger partial charge is 0.383 e. The SMILES string of the molecule is COCCN(CC1(CNC(C)C)CCC(C)CC1)C1CC1. The normalized spacial score (nSPS) is 30.3. The molecule has 124 valence electrons. The molecule has 0 unspecified atom stereocenters. The number of ether oxygens (including phenoxy) is 1. The van der Waals surface area contributed by atoms with Gasteiger partial charge in [-0.25, -0.2) is 0 Å². The van der Waals surface area contributed by atoms with Gasteiger partial charge in [-0.05, 0) is 37.0 Å². The molecule has 0 saturated heterocycles. The Hall–Kier alpha value is -0.120. The third-order valence-electron chi connectivity index (χ3n) is 5.40. The molecule has 0 amide bonds. The topological polar surface area (TPSA) is 24.5 Å². The second kappa shape index (κ2) is 7.94. The maximum atomic E-state index is 5.33. The van der Waals surface area contributed by atoms with E-state index in [0.29, 0.717) is 11.5 Å². The average molecular weight is 296 g/mol. The smallest absolute Gasteiger partial charge is 0.0589 e. The summed E-state index contributed by atoms with van der Waals surface area (Å²) in [6.45, 7) is 11.4. The quantitative estimate of drug-likeness (QED) is 0.706. The van der Waals surface area contributed by atoms with Gasteiger partial charge in [0.2, 0.25) is 0 Å². The molecule has 0 aliphatic heterocycles. The summed E-state index contributed by atoms with van der Waals surface area (Å²) < 4.78 is 5.33. The highest BCUT2D eigenvalue weighted by molar-refractivity contribution is 4.94. The Balaban J connectivity index is 1.96. The lowest BCUT2D eigenvalue weighted by molar-refractivity contribution is 0.0627. The molecule has 0 spiro atoms. The first-order valence-electron chi connectivity index (χ1n) is 9.01. The molecule has 2 saturated carbocycles. The van der Waals surface area contributed by atoms with E-state index in [2.05, 4.69) is 31.0 Å². The molecular weight excluding hydrogens is 260 g/mol. The van der Waals surface area contributed by atoms with Gasteiger partial charge in [-0.1, -0.05) is 33.6 Å². The average Bonchev–Trinajstić information content (AvgIpc) is 3.29. The van der Waals surface area contributed by atoms with Crippen LogP contribution < -0.4 is 5.32 Å². The third-order valence-corrected chi connectivity index (χ3v) is 5.40. The van der Waals surface area contributed by atoms with Gasteiger partial charge in [-0.15, -0.1) is 0 Å². The summed E-state index contributed by atoms with van der Waals surface area (Å²) in [5, 5.41) is 3.73. The predicted octanol–water partition coefficient (Wildman–Crippen LogP) is 3.29. The lowest BCUT2D eigenvalue weighted by Crippen LogP contribution is -2.48. The molecule has 0 heterocycles. The minimum Gasteiger partial charge on any atom is -0.383 e. The standard InChI is InChI=1S/C18H36N2O/c1-15(2)19-13-18(9-7-16(3)8-10-18)14-20(11-12-21-4)17-5-6-17/h15-17,19H,5-14H2,1-4H3. The van der Waals surface area contributed by atoms with E-state index in [1.165, 1.54) is 51.6 Å². The number of rotatable bonds is 9. The molecular formula is C18H36N2O. The van der Waals surface area contributed by atoms with Crippen molar-refractivity contribution >= 4 is 0 Å². The van der Waals surface area contributed by atoms with Gasteiger partial charge in [0.15, 0.2) is 0 Å². The molecule has 2 rings (SSSR count). The summed E-state index contributed by atoms with van der Waals surface area (Å²) >= 11 is 0. The van der Waals surface area contributed by atoms with Crippen molar-refractivity contribution < 1.29 is 4.74 Å². The second-order valence-corrected chi connectivity index (χ2v) is 7.91. The molecule has 0 atom stereocenters. The first-order valence-corrected chi connectivity index (χ1v) is 9.01. The minimum atomic E-state index is 0.493. The maximum Gasteiger partial charge on any atom is 0.0589 e. The van der Waals surface area contributed by atoms with Crippen LogP contribution in [0, 0.1) is 11.3 Å². The first kappa shape index (κ1) is 17.2. The molecule has 3 nitrogen and oxygen atoms in total. The second-order valence-electron chi connectivity index (χ2n) is 7.91. The van der Waals surface area contributed by atoms with Crippen LogP contribution in [0.5, 0.6) is 0 Å².